The van der Waals surface area contributed by atoms with E-state index >= 15 is 0 Å². The van der Waals surface area contributed by atoms with Gasteiger partial charge in [0.25, 0.3) is 0 Å². The predicted molar refractivity (Wildman–Crippen MR) is 71.6 cm³/mol. The van der Waals surface area contributed by atoms with Crippen LogP contribution < -0.4 is 0 Å². The third kappa shape index (κ3) is 3.21. The maximum atomic E-state index is 12.8. The van der Waals surface area contributed by atoms with Crippen molar-refractivity contribution in [1.29, 1.82) is 0 Å². The number of rotatable bonds is 4. The zero-order valence-corrected chi connectivity index (χ0v) is 11.4. The van der Waals surface area contributed by atoms with Crippen LogP contribution in [0, 0.1) is 5.82 Å². The highest BCUT2D eigenvalue weighted by molar-refractivity contribution is 7.99. The summed E-state index contributed by atoms with van der Waals surface area (Å²) in [5.41, 5.74) is 0.955. The van der Waals surface area contributed by atoms with E-state index in [1.807, 2.05) is 0 Å². The third-order valence-corrected chi connectivity index (χ3v) is 3.76. The van der Waals surface area contributed by atoms with Crippen LogP contribution >= 0.6 is 23.4 Å². The van der Waals surface area contributed by atoms with Gasteiger partial charge in [-0.05, 0) is 30.7 Å². The van der Waals surface area contributed by atoms with E-state index in [1.54, 1.807) is 12.1 Å². The lowest BCUT2D eigenvalue weighted by Crippen LogP contribution is -1.95. The molecular formula is C13H12ClFN2S. The van der Waals surface area contributed by atoms with E-state index in [-0.39, 0.29) is 5.82 Å². The van der Waals surface area contributed by atoms with Crippen molar-refractivity contribution in [1.82, 2.24) is 9.97 Å². The normalized spacial score (nSPS) is 10.6. The van der Waals surface area contributed by atoms with E-state index in [0.717, 1.165) is 28.3 Å². The van der Waals surface area contributed by atoms with Gasteiger partial charge >= 0.3 is 0 Å². The standard InChI is InChI=1S/C13H12ClFN2S/c1-2-3-11-12(14)16-8-17-13(11)18-10-6-4-9(15)5-7-10/h4-8H,2-3H2,1H3. The van der Waals surface area contributed by atoms with E-state index in [2.05, 4.69) is 16.9 Å². The molecule has 0 radical (unpaired) electrons. The molecule has 0 bridgehead atoms. The predicted octanol–water partition coefficient (Wildman–Crippen LogP) is 4.37. The minimum Gasteiger partial charge on any atom is -0.229 e. The Bertz CT molecular complexity index is 531. The van der Waals surface area contributed by atoms with Gasteiger partial charge in [-0.25, -0.2) is 14.4 Å². The Labute approximate surface area is 115 Å². The molecule has 0 saturated heterocycles. The Morgan fingerprint density at radius 1 is 1.22 bits per heavy atom. The van der Waals surface area contributed by atoms with Crippen molar-refractivity contribution < 1.29 is 4.39 Å². The topological polar surface area (TPSA) is 25.8 Å². The fourth-order valence-electron chi connectivity index (χ4n) is 1.54. The molecule has 0 aliphatic heterocycles. The van der Waals surface area contributed by atoms with Gasteiger partial charge in [-0.1, -0.05) is 36.7 Å². The third-order valence-electron chi connectivity index (χ3n) is 2.38. The van der Waals surface area contributed by atoms with Crippen LogP contribution in [0.2, 0.25) is 5.15 Å². The molecule has 0 unspecified atom stereocenters. The minimum atomic E-state index is -0.242. The Hall–Kier alpha value is -1.13. The molecule has 1 heterocycles. The van der Waals surface area contributed by atoms with Gasteiger partial charge in [0.2, 0.25) is 0 Å². The van der Waals surface area contributed by atoms with Crippen LogP contribution in [-0.2, 0) is 6.42 Å². The first kappa shape index (κ1) is 13.3. The van der Waals surface area contributed by atoms with Gasteiger partial charge in [-0.2, -0.15) is 0 Å². The molecule has 0 spiro atoms. The van der Waals surface area contributed by atoms with Gasteiger partial charge in [0.15, 0.2) is 0 Å². The van der Waals surface area contributed by atoms with Crippen LogP contribution in [0.5, 0.6) is 0 Å². The molecule has 0 N–H and O–H groups in total. The second-order valence-electron chi connectivity index (χ2n) is 3.75. The molecule has 2 rings (SSSR count). The first-order valence-electron chi connectivity index (χ1n) is 5.63. The van der Waals surface area contributed by atoms with Crippen molar-refractivity contribution in [3.8, 4) is 0 Å². The molecule has 18 heavy (non-hydrogen) atoms. The first-order chi connectivity index (χ1) is 8.70. The molecule has 0 fully saturated rings. The molecular weight excluding hydrogens is 271 g/mol. The van der Waals surface area contributed by atoms with Crippen molar-refractivity contribution >= 4 is 23.4 Å². The smallest absolute Gasteiger partial charge is 0.136 e. The maximum absolute atomic E-state index is 12.8. The maximum Gasteiger partial charge on any atom is 0.136 e. The molecule has 0 aliphatic carbocycles. The zero-order valence-electron chi connectivity index (χ0n) is 9.86. The molecule has 2 aromatic rings. The number of hydrogen-bond acceptors (Lipinski definition) is 3. The quantitative estimate of drug-likeness (QED) is 0.779. The highest BCUT2D eigenvalue weighted by atomic mass is 35.5. The Morgan fingerprint density at radius 3 is 2.61 bits per heavy atom. The summed E-state index contributed by atoms with van der Waals surface area (Å²) in [5, 5.41) is 1.33. The Morgan fingerprint density at radius 2 is 1.94 bits per heavy atom. The number of benzene rings is 1. The highest BCUT2D eigenvalue weighted by Gasteiger charge is 2.10. The summed E-state index contributed by atoms with van der Waals surface area (Å²) in [6, 6.07) is 6.33. The zero-order chi connectivity index (χ0) is 13.0. The van der Waals surface area contributed by atoms with Crippen LogP contribution in [0.4, 0.5) is 4.39 Å². The average Bonchev–Trinajstić information content (AvgIpc) is 2.36. The lowest BCUT2D eigenvalue weighted by molar-refractivity contribution is 0.626. The molecule has 1 aromatic carbocycles. The van der Waals surface area contributed by atoms with E-state index in [0.29, 0.717) is 5.15 Å². The van der Waals surface area contributed by atoms with Gasteiger partial charge in [0.1, 0.15) is 22.3 Å². The molecule has 94 valence electrons. The van der Waals surface area contributed by atoms with Crippen LogP contribution in [0.25, 0.3) is 0 Å². The number of aromatic nitrogens is 2. The van der Waals surface area contributed by atoms with Crippen molar-refractivity contribution in [2.24, 2.45) is 0 Å². The van der Waals surface area contributed by atoms with Crippen LogP contribution in [0.3, 0.4) is 0 Å². The number of nitrogens with zero attached hydrogens (tertiary/aromatic N) is 2. The summed E-state index contributed by atoms with van der Waals surface area (Å²) in [7, 11) is 0. The van der Waals surface area contributed by atoms with Crippen LogP contribution in [0.1, 0.15) is 18.9 Å². The van der Waals surface area contributed by atoms with Gasteiger partial charge in [0.05, 0.1) is 0 Å². The van der Waals surface area contributed by atoms with Crippen LogP contribution in [-0.4, -0.2) is 9.97 Å². The molecule has 2 nitrogen and oxygen atoms in total. The fourth-order valence-corrected chi connectivity index (χ4v) is 2.74. The summed E-state index contributed by atoms with van der Waals surface area (Å²) in [4.78, 5) is 9.18. The van der Waals surface area contributed by atoms with E-state index in [1.165, 1.54) is 30.2 Å². The summed E-state index contributed by atoms with van der Waals surface area (Å²) >= 11 is 7.55. The summed E-state index contributed by atoms with van der Waals surface area (Å²) in [6.07, 6.45) is 3.26. The lowest BCUT2D eigenvalue weighted by Gasteiger charge is -2.08. The van der Waals surface area contributed by atoms with Gasteiger partial charge in [-0.15, -0.1) is 0 Å². The second kappa shape index (κ2) is 6.16. The van der Waals surface area contributed by atoms with Crippen molar-refractivity contribution in [2.75, 3.05) is 0 Å². The monoisotopic (exact) mass is 282 g/mol. The summed E-state index contributed by atoms with van der Waals surface area (Å²) < 4.78 is 12.8. The van der Waals surface area contributed by atoms with Crippen molar-refractivity contribution in [2.45, 2.75) is 29.7 Å². The molecule has 0 saturated carbocycles. The highest BCUT2D eigenvalue weighted by Crippen LogP contribution is 2.31. The van der Waals surface area contributed by atoms with Gasteiger partial charge < -0.3 is 0 Å². The molecule has 5 heteroatoms. The summed E-state index contributed by atoms with van der Waals surface area (Å²) in [5.74, 6) is -0.242. The number of halogens is 2. The van der Waals surface area contributed by atoms with Crippen molar-refractivity contribution in [3.63, 3.8) is 0 Å². The van der Waals surface area contributed by atoms with Gasteiger partial charge in [0, 0.05) is 10.5 Å². The molecule has 0 amide bonds. The SMILES string of the molecule is CCCc1c(Cl)ncnc1Sc1ccc(F)cc1. The van der Waals surface area contributed by atoms with Crippen molar-refractivity contribution in [3.05, 3.63) is 47.1 Å². The van der Waals surface area contributed by atoms with Gasteiger partial charge in [-0.3, -0.25) is 0 Å². The number of hydrogen-bond donors (Lipinski definition) is 0. The largest absolute Gasteiger partial charge is 0.229 e. The molecule has 0 atom stereocenters. The summed E-state index contributed by atoms with van der Waals surface area (Å²) in [6.45, 7) is 2.08. The Balaban J connectivity index is 2.28. The van der Waals surface area contributed by atoms with Crippen LogP contribution in [0.15, 0.2) is 40.5 Å². The molecule has 1 aromatic heterocycles. The van der Waals surface area contributed by atoms with E-state index < -0.39 is 0 Å². The first-order valence-corrected chi connectivity index (χ1v) is 6.83. The average molecular weight is 283 g/mol. The Kier molecular flexibility index (Phi) is 4.55. The lowest BCUT2D eigenvalue weighted by atomic mass is 10.2. The molecule has 0 aliphatic rings. The van der Waals surface area contributed by atoms with E-state index in [9.17, 15) is 4.39 Å². The fraction of sp³-hybridized carbons (Fsp3) is 0.231. The second-order valence-corrected chi connectivity index (χ2v) is 5.17. The van der Waals surface area contributed by atoms with E-state index in [4.69, 9.17) is 11.6 Å². The minimum absolute atomic E-state index is 0.242.